The predicted molar refractivity (Wildman–Crippen MR) is 137 cm³/mol. The Bertz CT molecular complexity index is 830. The zero-order valence-corrected chi connectivity index (χ0v) is 22.2. The Kier molecular flexibility index (Phi) is 11.0. The number of carbonyl (C=O) groups excluding carboxylic acids is 1. The summed E-state index contributed by atoms with van der Waals surface area (Å²) < 4.78 is 24.7. The summed E-state index contributed by atoms with van der Waals surface area (Å²) in [6.07, 6.45) is -0.0196. The number of thioether (sulfide) groups is 1. The van der Waals surface area contributed by atoms with Crippen molar-refractivity contribution in [1.29, 1.82) is 0 Å². The second kappa shape index (κ2) is 13.0. The van der Waals surface area contributed by atoms with Crippen molar-refractivity contribution < 1.29 is 28.8 Å². The maximum atomic E-state index is 13.3. The monoisotopic (exact) mass is 513 g/mol. The van der Waals surface area contributed by atoms with Gasteiger partial charge in [-0.05, 0) is 40.8 Å². The largest absolute Gasteiger partial charge is 0.497 e. The van der Waals surface area contributed by atoms with E-state index in [-0.39, 0.29) is 29.7 Å². The van der Waals surface area contributed by atoms with Gasteiger partial charge in [-0.3, -0.25) is 9.69 Å². The standard InChI is InChI=1S/C25H36FNO5S2/c1-7-20(31-23(32-26)17-9-12-19(30-6)13-10-17)16(2)8-11-18(28)14-22(29)27-21(25(3,4)5)15-34-24(27)33/h7,9-10,12-13,16,18,20-21,23,28H,1,8,11,14-15H2,2-6H3/t16-,18+,20-,21+,23?/m0/s1. The Labute approximate surface area is 211 Å². The van der Waals surface area contributed by atoms with Gasteiger partial charge in [0.2, 0.25) is 12.2 Å². The Balaban J connectivity index is 1.90. The molecular weight excluding hydrogens is 477 g/mol. The molecule has 0 saturated carbocycles. The van der Waals surface area contributed by atoms with Crippen LogP contribution in [0.15, 0.2) is 36.9 Å². The normalized spacial score (nSPS) is 20.0. The van der Waals surface area contributed by atoms with E-state index in [0.717, 1.165) is 5.75 Å². The molecule has 5 atom stereocenters. The van der Waals surface area contributed by atoms with E-state index in [9.17, 15) is 14.4 Å². The van der Waals surface area contributed by atoms with Crippen LogP contribution in [0.5, 0.6) is 5.75 Å². The number of carbonyl (C=O) groups is 1. The number of hydrogen-bond donors (Lipinski definition) is 1. The Hall–Kier alpha value is -1.52. The number of benzene rings is 1. The van der Waals surface area contributed by atoms with Crippen LogP contribution in [-0.2, 0) is 14.5 Å². The van der Waals surface area contributed by atoms with E-state index >= 15 is 0 Å². The number of nitrogens with zero attached hydrogens (tertiary/aromatic N) is 1. The molecule has 9 heteroatoms. The third-order valence-electron chi connectivity index (χ3n) is 6.05. The number of methoxy groups -OCH3 is 1. The number of amides is 1. The van der Waals surface area contributed by atoms with Crippen LogP contribution in [-0.4, -0.2) is 51.3 Å². The summed E-state index contributed by atoms with van der Waals surface area (Å²) >= 11 is 6.89. The lowest BCUT2D eigenvalue weighted by molar-refractivity contribution is -0.292. The SMILES string of the molecule is C=C[C@H](OC(OF)c1ccc(OC)cc1)[C@@H](C)CC[C@@H](O)CC(=O)N1C(=S)SC[C@@H]1C(C)(C)C. The predicted octanol–water partition coefficient (Wildman–Crippen LogP) is 5.61. The van der Waals surface area contributed by atoms with Gasteiger partial charge in [0.15, 0.2) is 0 Å². The molecule has 1 fully saturated rings. The molecular formula is C25H36FNO5S2. The van der Waals surface area contributed by atoms with Crippen molar-refractivity contribution in [2.75, 3.05) is 12.9 Å². The third-order valence-corrected chi connectivity index (χ3v) is 7.53. The zero-order chi connectivity index (χ0) is 25.5. The zero-order valence-electron chi connectivity index (χ0n) is 20.5. The highest BCUT2D eigenvalue weighted by Crippen LogP contribution is 2.36. The number of rotatable bonds is 12. The minimum Gasteiger partial charge on any atom is -0.497 e. The molecule has 1 heterocycles. The van der Waals surface area contributed by atoms with E-state index in [1.165, 1.54) is 11.8 Å². The van der Waals surface area contributed by atoms with Crippen LogP contribution < -0.4 is 4.74 Å². The van der Waals surface area contributed by atoms with Gasteiger partial charge in [0, 0.05) is 11.3 Å². The van der Waals surface area contributed by atoms with E-state index in [2.05, 4.69) is 32.3 Å². The molecule has 6 nitrogen and oxygen atoms in total. The number of aliphatic hydroxyl groups excluding tert-OH is 1. The topological polar surface area (TPSA) is 68.2 Å². The van der Waals surface area contributed by atoms with Gasteiger partial charge in [-0.1, -0.05) is 69.9 Å². The molecule has 0 spiro atoms. The lowest BCUT2D eigenvalue weighted by Crippen LogP contribution is -2.46. The fourth-order valence-electron chi connectivity index (χ4n) is 3.83. The maximum absolute atomic E-state index is 13.3. The Morgan fingerprint density at radius 3 is 2.53 bits per heavy atom. The average Bonchev–Trinajstić information content (AvgIpc) is 3.20. The average molecular weight is 514 g/mol. The van der Waals surface area contributed by atoms with Crippen molar-refractivity contribution in [3.05, 3.63) is 42.5 Å². The van der Waals surface area contributed by atoms with E-state index in [4.69, 9.17) is 21.7 Å². The molecule has 0 bridgehead atoms. The number of ether oxygens (including phenoxy) is 2. The van der Waals surface area contributed by atoms with Crippen molar-refractivity contribution in [1.82, 2.24) is 4.90 Å². The highest BCUT2D eigenvalue weighted by atomic mass is 32.2. The van der Waals surface area contributed by atoms with E-state index < -0.39 is 18.5 Å². The fourth-order valence-corrected chi connectivity index (χ4v) is 5.58. The number of thiocarbonyl (C=S) groups is 1. The Morgan fingerprint density at radius 1 is 1.35 bits per heavy atom. The molecule has 0 radical (unpaired) electrons. The molecule has 190 valence electrons. The molecule has 0 aromatic heterocycles. The van der Waals surface area contributed by atoms with Gasteiger partial charge < -0.3 is 14.6 Å². The third kappa shape index (κ3) is 7.75. The first kappa shape index (κ1) is 28.7. The smallest absolute Gasteiger partial charge is 0.230 e. The molecule has 1 aliphatic heterocycles. The van der Waals surface area contributed by atoms with Gasteiger partial charge in [0.05, 0.1) is 31.8 Å². The van der Waals surface area contributed by atoms with Gasteiger partial charge in [-0.25, -0.2) is 0 Å². The summed E-state index contributed by atoms with van der Waals surface area (Å²) in [7, 11) is 1.55. The van der Waals surface area contributed by atoms with Crippen molar-refractivity contribution >= 4 is 34.2 Å². The quantitative estimate of drug-likeness (QED) is 0.221. The van der Waals surface area contributed by atoms with Crippen molar-refractivity contribution in [3.63, 3.8) is 0 Å². The molecule has 1 aromatic rings. The van der Waals surface area contributed by atoms with Gasteiger partial charge >= 0.3 is 0 Å². The maximum Gasteiger partial charge on any atom is 0.230 e. The Morgan fingerprint density at radius 2 is 2.00 bits per heavy atom. The van der Waals surface area contributed by atoms with Crippen molar-refractivity contribution in [2.24, 2.45) is 11.3 Å². The van der Waals surface area contributed by atoms with E-state index in [0.29, 0.717) is 28.5 Å². The minimum absolute atomic E-state index is 0.00166. The second-order valence-corrected chi connectivity index (χ2v) is 11.3. The van der Waals surface area contributed by atoms with Crippen LogP contribution in [0.2, 0.25) is 0 Å². The van der Waals surface area contributed by atoms with Crippen LogP contribution in [0.4, 0.5) is 4.53 Å². The van der Waals surface area contributed by atoms with Crippen LogP contribution in [0.25, 0.3) is 0 Å². The number of aliphatic hydroxyl groups is 1. The van der Waals surface area contributed by atoms with E-state index in [1.54, 1.807) is 42.4 Å². The highest BCUT2D eigenvalue weighted by Gasteiger charge is 2.41. The van der Waals surface area contributed by atoms with Gasteiger partial charge in [-0.15, -0.1) is 6.58 Å². The van der Waals surface area contributed by atoms with Crippen LogP contribution in [0.3, 0.4) is 0 Å². The number of hydrogen-bond acceptors (Lipinski definition) is 7. The molecule has 34 heavy (non-hydrogen) atoms. The first-order valence-corrected chi connectivity index (χ1v) is 12.8. The summed E-state index contributed by atoms with van der Waals surface area (Å²) in [4.78, 5) is 18.6. The minimum atomic E-state index is -1.22. The summed E-state index contributed by atoms with van der Waals surface area (Å²) in [6.45, 7) is 12.0. The summed E-state index contributed by atoms with van der Waals surface area (Å²) in [5.41, 5.74) is 0.400. The lowest BCUT2D eigenvalue weighted by atomic mass is 9.87. The molecule has 1 aromatic carbocycles. The highest BCUT2D eigenvalue weighted by molar-refractivity contribution is 8.23. The second-order valence-electron chi connectivity index (χ2n) is 9.67. The molecule has 1 amide bonds. The van der Waals surface area contributed by atoms with Crippen LogP contribution >= 0.6 is 24.0 Å². The van der Waals surface area contributed by atoms with Crippen molar-refractivity contribution in [3.8, 4) is 5.75 Å². The van der Waals surface area contributed by atoms with Crippen LogP contribution in [0.1, 0.15) is 58.8 Å². The molecule has 1 saturated heterocycles. The first-order valence-electron chi connectivity index (χ1n) is 11.4. The van der Waals surface area contributed by atoms with Gasteiger partial charge in [0.25, 0.3) is 0 Å². The van der Waals surface area contributed by atoms with Gasteiger partial charge in [0.1, 0.15) is 10.1 Å². The summed E-state index contributed by atoms with van der Waals surface area (Å²) in [5, 5.41) is 10.6. The van der Waals surface area contributed by atoms with Crippen LogP contribution in [0, 0.1) is 11.3 Å². The summed E-state index contributed by atoms with van der Waals surface area (Å²) in [5.74, 6) is 1.16. The molecule has 1 unspecified atom stereocenters. The summed E-state index contributed by atoms with van der Waals surface area (Å²) in [6, 6.07) is 6.72. The first-order chi connectivity index (χ1) is 16.0. The molecule has 2 rings (SSSR count). The van der Waals surface area contributed by atoms with Crippen molar-refractivity contribution in [2.45, 2.75) is 71.5 Å². The molecule has 1 N–H and O–H groups in total. The fraction of sp³-hybridized carbons (Fsp3) is 0.600. The van der Waals surface area contributed by atoms with E-state index in [1.807, 2.05) is 6.92 Å². The number of halogens is 1. The lowest BCUT2D eigenvalue weighted by Gasteiger charge is -2.34. The van der Waals surface area contributed by atoms with Gasteiger partial charge in [-0.2, -0.15) is 4.94 Å². The molecule has 0 aliphatic carbocycles. The molecule has 1 aliphatic rings.